The molecule has 4 heteroatoms. The maximum absolute atomic E-state index is 9.95. The molecule has 1 aromatic rings. The van der Waals surface area contributed by atoms with Crippen LogP contribution in [0.1, 0.15) is 18.6 Å². The summed E-state index contributed by atoms with van der Waals surface area (Å²) in [5.41, 5.74) is 0. The molecule has 2 rings (SSSR count). The molecular weight excluding hydrogens is 206 g/mol. The fourth-order valence-corrected chi connectivity index (χ4v) is 2.02. The number of hydrogen-bond acceptors (Lipinski definition) is 4. The van der Waals surface area contributed by atoms with E-state index in [0.717, 1.165) is 31.8 Å². The van der Waals surface area contributed by atoms with Gasteiger partial charge in [0.25, 0.3) is 0 Å². The van der Waals surface area contributed by atoms with E-state index in [1.807, 2.05) is 12.1 Å². The van der Waals surface area contributed by atoms with Crippen LogP contribution in [-0.2, 0) is 11.3 Å². The molecule has 1 aliphatic rings. The molecule has 0 saturated carbocycles. The minimum atomic E-state index is -0.279. The Bertz CT molecular complexity index is 280. The first-order valence-corrected chi connectivity index (χ1v) is 5.85. The van der Waals surface area contributed by atoms with E-state index in [1.165, 1.54) is 0 Å². The minimum Gasteiger partial charge on any atom is -0.468 e. The van der Waals surface area contributed by atoms with Crippen LogP contribution in [0.25, 0.3) is 0 Å². The molecule has 1 unspecified atom stereocenters. The van der Waals surface area contributed by atoms with Crippen molar-refractivity contribution in [3.05, 3.63) is 24.2 Å². The zero-order valence-electron chi connectivity index (χ0n) is 9.39. The molecular formula is C12H19NO3. The molecule has 0 amide bonds. The third kappa shape index (κ3) is 3.33. The SMILES string of the molecule is OC(CNCc1ccco1)C1CCOCC1. The first kappa shape index (κ1) is 11.6. The molecule has 2 N–H and O–H groups in total. The Labute approximate surface area is 95.6 Å². The van der Waals surface area contributed by atoms with Crippen molar-refractivity contribution in [3.63, 3.8) is 0 Å². The molecule has 1 aromatic heterocycles. The maximum Gasteiger partial charge on any atom is 0.117 e. The predicted molar refractivity (Wildman–Crippen MR) is 60.0 cm³/mol. The van der Waals surface area contributed by atoms with Gasteiger partial charge in [-0.1, -0.05) is 0 Å². The lowest BCUT2D eigenvalue weighted by Gasteiger charge is -2.26. The summed E-state index contributed by atoms with van der Waals surface area (Å²) < 4.78 is 10.5. The molecule has 16 heavy (non-hydrogen) atoms. The summed E-state index contributed by atoms with van der Waals surface area (Å²) in [4.78, 5) is 0. The number of nitrogens with one attached hydrogen (secondary N) is 1. The molecule has 0 spiro atoms. The molecule has 4 nitrogen and oxygen atoms in total. The van der Waals surface area contributed by atoms with E-state index in [1.54, 1.807) is 6.26 Å². The van der Waals surface area contributed by atoms with E-state index >= 15 is 0 Å². The smallest absolute Gasteiger partial charge is 0.117 e. The summed E-state index contributed by atoms with van der Waals surface area (Å²) in [7, 11) is 0. The quantitative estimate of drug-likeness (QED) is 0.789. The van der Waals surface area contributed by atoms with Crippen LogP contribution in [0.4, 0.5) is 0 Å². The van der Waals surface area contributed by atoms with Gasteiger partial charge in [0.05, 0.1) is 18.9 Å². The van der Waals surface area contributed by atoms with Crippen molar-refractivity contribution in [3.8, 4) is 0 Å². The molecule has 0 bridgehead atoms. The molecule has 1 fully saturated rings. The first-order chi connectivity index (χ1) is 7.86. The molecule has 0 aromatic carbocycles. The number of aliphatic hydroxyl groups is 1. The molecule has 1 atom stereocenters. The van der Waals surface area contributed by atoms with Crippen LogP contribution in [-0.4, -0.2) is 31.0 Å². The van der Waals surface area contributed by atoms with E-state index in [2.05, 4.69) is 5.32 Å². The van der Waals surface area contributed by atoms with Crippen LogP contribution in [0.5, 0.6) is 0 Å². The summed E-state index contributed by atoms with van der Waals surface area (Å²) in [6.07, 6.45) is 3.30. The monoisotopic (exact) mass is 225 g/mol. The van der Waals surface area contributed by atoms with Crippen LogP contribution in [0.2, 0.25) is 0 Å². The van der Waals surface area contributed by atoms with Crippen LogP contribution in [0.15, 0.2) is 22.8 Å². The summed E-state index contributed by atoms with van der Waals surface area (Å²) in [6, 6.07) is 3.79. The van der Waals surface area contributed by atoms with Crippen molar-refractivity contribution in [1.29, 1.82) is 0 Å². The molecule has 1 saturated heterocycles. The lowest BCUT2D eigenvalue weighted by atomic mass is 9.94. The first-order valence-electron chi connectivity index (χ1n) is 5.85. The van der Waals surface area contributed by atoms with Crippen LogP contribution in [0, 0.1) is 5.92 Å². The summed E-state index contributed by atoms with van der Waals surface area (Å²) in [5, 5.41) is 13.2. The Hall–Kier alpha value is -0.840. The van der Waals surface area contributed by atoms with E-state index in [4.69, 9.17) is 9.15 Å². The summed E-state index contributed by atoms with van der Waals surface area (Å²) in [5.74, 6) is 1.28. The van der Waals surface area contributed by atoms with Gasteiger partial charge in [0.15, 0.2) is 0 Å². The Balaban J connectivity index is 1.65. The highest BCUT2D eigenvalue weighted by atomic mass is 16.5. The van der Waals surface area contributed by atoms with Gasteiger partial charge in [0, 0.05) is 19.8 Å². The van der Waals surface area contributed by atoms with Gasteiger partial charge in [-0.3, -0.25) is 0 Å². The third-order valence-electron chi connectivity index (χ3n) is 3.04. The third-order valence-corrected chi connectivity index (χ3v) is 3.04. The zero-order valence-corrected chi connectivity index (χ0v) is 9.39. The van der Waals surface area contributed by atoms with Gasteiger partial charge in [0.1, 0.15) is 5.76 Å². The van der Waals surface area contributed by atoms with Gasteiger partial charge < -0.3 is 19.6 Å². The number of hydrogen-bond donors (Lipinski definition) is 2. The lowest BCUT2D eigenvalue weighted by Crippen LogP contribution is -2.35. The van der Waals surface area contributed by atoms with E-state index in [0.29, 0.717) is 19.0 Å². The van der Waals surface area contributed by atoms with Gasteiger partial charge in [-0.25, -0.2) is 0 Å². The highest BCUT2D eigenvalue weighted by Gasteiger charge is 2.21. The van der Waals surface area contributed by atoms with Gasteiger partial charge >= 0.3 is 0 Å². The van der Waals surface area contributed by atoms with Gasteiger partial charge in [0.2, 0.25) is 0 Å². The number of furan rings is 1. The zero-order chi connectivity index (χ0) is 11.2. The van der Waals surface area contributed by atoms with Gasteiger partial charge in [-0.2, -0.15) is 0 Å². The Morgan fingerprint density at radius 3 is 2.94 bits per heavy atom. The minimum absolute atomic E-state index is 0.279. The molecule has 0 aliphatic carbocycles. The van der Waals surface area contributed by atoms with Gasteiger partial charge in [-0.05, 0) is 30.9 Å². The average Bonchev–Trinajstić information content (AvgIpc) is 2.83. The van der Waals surface area contributed by atoms with Gasteiger partial charge in [-0.15, -0.1) is 0 Å². The largest absolute Gasteiger partial charge is 0.468 e. The van der Waals surface area contributed by atoms with Crippen LogP contribution >= 0.6 is 0 Å². The van der Waals surface area contributed by atoms with E-state index in [-0.39, 0.29) is 6.10 Å². The van der Waals surface area contributed by atoms with Crippen molar-refractivity contribution < 1.29 is 14.3 Å². The second-order valence-corrected chi connectivity index (χ2v) is 4.23. The van der Waals surface area contributed by atoms with Crippen molar-refractivity contribution in [2.75, 3.05) is 19.8 Å². The van der Waals surface area contributed by atoms with E-state index < -0.39 is 0 Å². The predicted octanol–water partition coefficient (Wildman–Crippen LogP) is 1.16. The van der Waals surface area contributed by atoms with Crippen LogP contribution < -0.4 is 5.32 Å². The van der Waals surface area contributed by atoms with Crippen molar-refractivity contribution in [2.24, 2.45) is 5.92 Å². The Morgan fingerprint density at radius 1 is 1.44 bits per heavy atom. The lowest BCUT2D eigenvalue weighted by molar-refractivity contribution is 0.00833. The maximum atomic E-state index is 9.95. The van der Waals surface area contributed by atoms with Crippen molar-refractivity contribution in [1.82, 2.24) is 5.32 Å². The summed E-state index contributed by atoms with van der Waals surface area (Å²) >= 11 is 0. The molecule has 1 aliphatic heterocycles. The average molecular weight is 225 g/mol. The van der Waals surface area contributed by atoms with E-state index in [9.17, 15) is 5.11 Å². The highest BCUT2D eigenvalue weighted by Crippen LogP contribution is 2.18. The fourth-order valence-electron chi connectivity index (χ4n) is 2.02. The highest BCUT2D eigenvalue weighted by molar-refractivity contribution is 4.97. The Morgan fingerprint density at radius 2 is 2.25 bits per heavy atom. The normalized spacial score (nSPS) is 19.8. The van der Waals surface area contributed by atoms with Crippen molar-refractivity contribution in [2.45, 2.75) is 25.5 Å². The Kier molecular flexibility index (Phi) is 4.39. The number of rotatable bonds is 5. The molecule has 90 valence electrons. The number of ether oxygens (including phenoxy) is 1. The number of aliphatic hydroxyl groups excluding tert-OH is 1. The fraction of sp³-hybridized carbons (Fsp3) is 0.667. The molecule has 0 radical (unpaired) electrons. The van der Waals surface area contributed by atoms with Crippen molar-refractivity contribution >= 4 is 0 Å². The summed E-state index contributed by atoms with van der Waals surface area (Å²) in [6.45, 7) is 2.85. The standard InChI is InChI=1S/C12H19NO3/c14-12(10-3-6-15-7-4-10)9-13-8-11-2-1-5-16-11/h1-2,5,10,12-14H,3-4,6-9H2. The van der Waals surface area contributed by atoms with Crippen LogP contribution in [0.3, 0.4) is 0 Å². The second-order valence-electron chi connectivity index (χ2n) is 4.23. The topological polar surface area (TPSA) is 54.6 Å². The molecule has 2 heterocycles. The second kappa shape index (κ2) is 6.03.